The molecule has 0 bridgehead atoms. The standard InChI is InChI=1S/C7H9IN2/c1-10(2)6-3-4-9-7(8)5-6/h3-5H,1-2H3. The van der Waals surface area contributed by atoms with E-state index < -0.39 is 0 Å². The maximum Gasteiger partial charge on any atom is 0.103 e. The fourth-order valence-corrected chi connectivity index (χ4v) is 1.15. The van der Waals surface area contributed by atoms with Crippen LogP contribution in [0, 0.1) is 3.70 Å². The van der Waals surface area contributed by atoms with Crippen molar-refractivity contribution >= 4 is 28.3 Å². The summed E-state index contributed by atoms with van der Waals surface area (Å²) in [6.07, 6.45) is 1.82. The van der Waals surface area contributed by atoms with Crippen LogP contribution in [0.25, 0.3) is 0 Å². The summed E-state index contributed by atoms with van der Waals surface area (Å²) in [6.45, 7) is 0. The Bertz CT molecular complexity index is 223. The van der Waals surface area contributed by atoms with Gasteiger partial charge in [-0.3, -0.25) is 4.98 Å². The first-order chi connectivity index (χ1) is 4.70. The molecule has 1 aromatic rings. The van der Waals surface area contributed by atoms with Crippen LogP contribution in [0.4, 0.5) is 5.69 Å². The van der Waals surface area contributed by atoms with Gasteiger partial charge in [0.2, 0.25) is 0 Å². The van der Waals surface area contributed by atoms with Crippen molar-refractivity contribution in [3.05, 3.63) is 22.0 Å². The Balaban J connectivity index is 2.96. The highest BCUT2D eigenvalue weighted by molar-refractivity contribution is 14.1. The van der Waals surface area contributed by atoms with Gasteiger partial charge >= 0.3 is 0 Å². The lowest BCUT2D eigenvalue weighted by molar-refractivity contribution is 1.11. The van der Waals surface area contributed by atoms with Gasteiger partial charge in [-0.2, -0.15) is 0 Å². The third-order valence-corrected chi connectivity index (χ3v) is 1.82. The Hall–Kier alpha value is -0.320. The van der Waals surface area contributed by atoms with Crippen LogP contribution in [0.1, 0.15) is 0 Å². The molecule has 1 rings (SSSR count). The fourth-order valence-electron chi connectivity index (χ4n) is 0.670. The number of anilines is 1. The Kier molecular flexibility index (Phi) is 2.48. The van der Waals surface area contributed by atoms with Crippen LogP contribution in [0.15, 0.2) is 18.3 Å². The minimum Gasteiger partial charge on any atom is -0.378 e. The highest BCUT2D eigenvalue weighted by Crippen LogP contribution is 2.11. The highest BCUT2D eigenvalue weighted by atomic mass is 127. The number of nitrogens with zero attached hydrogens (tertiary/aromatic N) is 2. The molecule has 0 aliphatic carbocycles. The highest BCUT2D eigenvalue weighted by Gasteiger charge is 1.93. The summed E-state index contributed by atoms with van der Waals surface area (Å²) in [5.41, 5.74) is 1.19. The number of rotatable bonds is 1. The summed E-state index contributed by atoms with van der Waals surface area (Å²) < 4.78 is 1.03. The largest absolute Gasteiger partial charge is 0.378 e. The van der Waals surface area contributed by atoms with Crippen LogP contribution in [-0.4, -0.2) is 19.1 Å². The molecule has 0 radical (unpaired) electrons. The van der Waals surface area contributed by atoms with Crippen molar-refractivity contribution in [3.8, 4) is 0 Å². The minimum atomic E-state index is 1.03. The zero-order chi connectivity index (χ0) is 7.56. The summed E-state index contributed by atoms with van der Waals surface area (Å²) in [4.78, 5) is 6.14. The summed E-state index contributed by atoms with van der Waals surface area (Å²) in [5.74, 6) is 0. The minimum absolute atomic E-state index is 1.03. The van der Waals surface area contributed by atoms with Crippen LogP contribution < -0.4 is 4.90 Å². The first-order valence-electron chi connectivity index (χ1n) is 2.99. The van der Waals surface area contributed by atoms with Gasteiger partial charge < -0.3 is 4.90 Å². The van der Waals surface area contributed by atoms with E-state index in [9.17, 15) is 0 Å². The molecule has 1 aromatic heterocycles. The predicted octanol–water partition coefficient (Wildman–Crippen LogP) is 1.75. The molecule has 0 aromatic carbocycles. The van der Waals surface area contributed by atoms with E-state index in [1.54, 1.807) is 0 Å². The molecule has 0 fully saturated rings. The van der Waals surface area contributed by atoms with E-state index in [1.165, 1.54) is 5.69 Å². The number of pyridine rings is 1. The molecule has 0 saturated heterocycles. The summed E-state index contributed by atoms with van der Waals surface area (Å²) in [7, 11) is 4.04. The van der Waals surface area contributed by atoms with E-state index in [0.717, 1.165) is 3.70 Å². The predicted molar refractivity (Wildman–Crippen MR) is 51.3 cm³/mol. The second-order valence-corrected chi connectivity index (χ2v) is 3.34. The molecule has 2 nitrogen and oxygen atoms in total. The third kappa shape index (κ3) is 1.83. The molecule has 0 unspecified atom stereocenters. The first-order valence-corrected chi connectivity index (χ1v) is 4.07. The fraction of sp³-hybridized carbons (Fsp3) is 0.286. The van der Waals surface area contributed by atoms with Crippen molar-refractivity contribution < 1.29 is 0 Å². The molecule has 0 saturated carbocycles. The maximum absolute atomic E-state index is 4.08. The van der Waals surface area contributed by atoms with Gasteiger partial charge in [-0.05, 0) is 34.7 Å². The second-order valence-electron chi connectivity index (χ2n) is 2.23. The monoisotopic (exact) mass is 248 g/mol. The molecule has 0 atom stereocenters. The zero-order valence-corrected chi connectivity index (χ0v) is 8.16. The molecule has 1 heterocycles. The first kappa shape index (κ1) is 7.78. The summed E-state index contributed by atoms with van der Waals surface area (Å²) in [6, 6.07) is 4.03. The zero-order valence-electron chi connectivity index (χ0n) is 6.00. The van der Waals surface area contributed by atoms with Crippen LogP contribution in [-0.2, 0) is 0 Å². The van der Waals surface area contributed by atoms with Crippen molar-refractivity contribution in [1.82, 2.24) is 4.98 Å². The Morgan fingerprint density at radius 3 is 2.60 bits per heavy atom. The van der Waals surface area contributed by atoms with Gasteiger partial charge in [-0.1, -0.05) is 0 Å². The SMILES string of the molecule is CN(C)c1ccnc(I)c1. The van der Waals surface area contributed by atoms with Crippen molar-refractivity contribution in [3.63, 3.8) is 0 Å². The smallest absolute Gasteiger partial charge is 0.103 e. The molecule has 0 amide bonds. The van der Waals surface area contributed by atoms with Crippen LogP contribution in [0.5, 0.6) is 0 Å². The van der Waals surface area contributed by atoms with Crippen molar-refractivity contribution in [1.29, 1.82) is 0 Å². The molecular formula is C7H9IN2. The van der Waals surface area contributed by atoms with Crippen LogP contribution >= 0.6 is 22.6 Å². The van der Waals surface area contributed by atoms with Gasteiger partial charge in [0.1, 0.15) is 3.70 Å². The van der Waals surface area contributed by atoms with Crippen molar-refractivity contribution in [2.45, 2.75) is 0 Å². The topological polar surface area (TPSA) is 16.1 Å². The average Bonchev–Trinajstić information content (AvgIpc) is 1.88. The van der Waals surface area contributed by atoms with Crippen molar-refractivity contribution in [2.75, 3.05) is 19.0 Å². The molecule has 0 aliphatic heterocycles. The van der Waals surface area contributed by atoms with E-state index in [2.05, 4.69) is 32.5 Å². The molecule has 54 valence electrons. The Morgan fingerprint density at radius 1 is 1.50 bits per heavy atom. The number of hydrogen-bond donors (Lipinski definition) is 0. The maximum atomic E-state index is 4.08. The van der Waals surface area contributed by atoms with Gasteiger partial charge in [0.15, 0.2) is 0 Å². The van der Waals surface area contributed by atoms with Gasteiger partial charge in [-0.15, -0.1) is 0 Å². The average molecular weight is 248 g/mol. The second kappa shape index (κ2) is 3.18. The number of hydrogen-bond acceptors (Lipinski definition) is 2. The van der Waals surface area contributed by atoms with E-state index in [-0.39, 0.29) is 0 Å². The lowest BCUT2D eigenvalue weighted by atomic mass is 10.4. The summed E-state index contributed by atoms with van der Waals surface area (Å²) in [5, 5.41) is 0. The third-order valence-electron chi connectivity index (χ3n) is 1.23. The molecule has 3 heteroatoms. The van der Waals surface area contributed by atoms with Gasteiger partial charge in [0.25, 0.3) is 0 Å². The lowest BCUT2D eigenvalue weighted by Crippen LogP contribution is -2.08. The Morgan fingerprint density at radius 2 is 2.20 bits per heavy atom. The molecule has 0 spiro atoms. The van der Waals surface area contributed by atoms with E-state index in [1.807, 2.05) is 32.4 Å². The van der Waals surface area contributed by atoms with Crippen LogP contribution in [0.3, 0.4) is 0 Å². The van der Waals surface area contributed by atoms with E-state index >= 15 is 0 Å². The van der Waals surface area contributed by atoms with Crippen LogP contribution in [0.2, 0.25) is 0 Å². The normalized spacial score (nSPS) is 9.50. The van der Waals surface area contributed by atoms with Crippen molar-refractivity contribution in [2.24, 2.45) is 0 Å². The summed E-state index contributed by atoms with van der Waals surface area (Å²) >= 11 is 2.20. The Labute approximate surface area is 74.4 Å². The quantitative estimate of drug-likeness (QED) is 0.556. The molecule has 0 aliphatic rings. The van der Waals surface area contributed by atoms with E-state index in [0.29, 0.717) is 0 Å². The molecule has 10 heavy (non-hydrogen) atoms. The lowest BCUT2D eigenvalue weighted by Gasteiger charge is -2.11. The van der Waals surface area contributed by atoms with Gasteiger partial charge in [0, 0.05) is 26.0 Å². The van der Waals surface area contributed by atoms with E-state index in [4.69, 9.17) is 0 Å². The van der Waals surface area contributed by atoms with Gasteiger partial charge in [0.05, 0.1) is 0 Å². The van der Waals surface area contributed by atoms with Gasteiger partial charge in [-0.25, -0.2) is 0 Å². The number of aromatic nitrogens is 1. The molecular weight excluding hydrogens is 239 g/mol. The number of halogens is 1. The molecule has 0 N–H and O–H groups in total.